The normalized spacial score (nSPS) is 25.3. The Morgan fingerprint density at radius 1 is 0.880 bits per heavy atom. The van der Waals surface area contributed by atoms with Crippen LogP contribution in [0.25, 0.3) is 5.57 Å². The summed E-state index contributed by atoms with van der Waals surface area (Å²) in [5.41, 5.74) is 11.5. The van der Waals surface area contributed by atoms with Crippen LogP contribution < -0.4 is 0 Å². The molecule has 1 atom stereocenters. The topological polar surface area (TPSA) is 0 Å². The summed E-state index contributed by atoms with van der Waals surface area (Å²) >= 11 is 0. The summed E-state index contributed by atoms with van der Waals surface area (Å²) in [7, 11) is 0. The maximum atomic E-state index is 2.53. The fraction of sp³-hybridized carbons (Fsp3) is 0.440. The lowest BCUT2D eigenvalue weighted by Crippen LogP contribution is -2.10. The van der Waals surface area contributed by atoms with E-state index in [0.29, 0.717) is 5.92 Å². The maximum Gasteiger partial charge on any atom is 0.00573 e. The Labute approximate surface area is 152 Å². The van der Waals surface area contributed by atoms with Gasteiger partial charge in [-0.05, 0) is 85.6 Å². The molecular formula is C25H28. The van der Waals surface area contributed by atoms with E-state index in [1.54, 1.807) is 33.4 Å². The molecule has 4 aliphatic carbocycles. The average molecular weight is 328 g/mol. The lowest BCUT2D eigenvalue weighted by molar-refractivity contribution is 0.534. The Hall–Kier alpha value is -1.82. The number of hydrogen-bond donors (Lipinski definition) is 0. The summed E-state index contributed by atoms with van der Waals surface area (Å²) in [5, 5.41) is 0. The lowest BCUT2D eigenvalue weighted by Gasteiger charge is -2.26. The second-order valence-corrected chi connectivity index (χ2v) is 8.22. The van der Waals surface area contributed by atoms with Gasteiger partial charge >= 0.3 is 0 Å². The highest BCUT2D eigenvalue weighted by molar-refractivity contribution is 5.77. The number of benzene rings is 1. The third kappa shape index (κ3) is 2.76. The molecule has 0 heterocycles. The van der Waals surface area contributed by atoms with Crippen LogP contribution in [-0.2, 0) is 6.42 Å². The molecule has 5 rings (SSSR count). The standard InChI is InChI=1S/C25H28/c1-4-10-22-18(7-1)13-14-21(22)17-20-9-3-6-12-24(20)25-16-15-19-8-2-5-11-23(19)25/h3,6,9,12,14-16,23H,1-2,4-5,7-8,10-11,13,17H2. The van der Waals surface area contributed by atoms with Gasteiger partial charge in [0.2, 0.25) is 0 Å². The molecule has 1 aromatic carbocycles. The van der Waals surface area contributed by atoms with Crippen molar-refractivity contribution in [1.29, 1.82) is 0 Å². The van der Waals surface area contributed by atoms with E-state index in [9.17, 15) is 0 Å². The molecule has 4 aliphatic rings. The van der Waals surface area contributed by atoms with E-state index in [1.807, 2.05) is 0 Å². The summed E-state index contributed by atoms with van der Waals surface area (Å²) in [6.45, 7) is 0. The molecule has 0 aliphatic heterocycles. The van der Waals surface area contributed by atoms with Gasteiger partial charge in [0.05, 0.1) is 0 Å². The molecule has 1 aromatic rings. The number of fused-ring (bicyclic) bond motifs is 1. The third-order valence-electron chi connectivity index (χ3n) is 6.78. The monoisotopic (exact) mass is 328 g/mol. The summed E-state index contributed by atoms with van der Waals surface area (Å²) < 4.78 is 0. The van der Waals surface area contributed by atoms with Crippen molar-refractivity contribution in [3.05, 3.63) is 75.9 Å². The Morgan fingerprint density at radius 2 is 1.76 bits per heavy atom. The molecule has 0 spiro atoms. The van der Waals surface area contributed by atoms with Gasteiger partial charge in [-0.3, -0.25) is 0 Å². The van der Waals surface area contributed by atoms with E-state index in [0.717, 1.165) is 6.42 Å². The molecule has 25 heavy (non-hydrogen) atoms. The van der Waals surface area contributed by atoms with Crippen LogP contribution in [-0.4, -0.2) is 0 Å². The Kier molecular flexibility index (Phi) is 4.00. The first-order valence-corrected chi connectivity index (χ1v) is 10.3. The van der Waals surface area contributed by atoms with Gasteiger partial charge in [0.1, 0.15) is 0 Å². The van der Waals surface area contributed by atoms with Crippen molar-refractivity contribution in [3.8, 4) is 0 Å². The number of rotatable bonds is 3. The zero-order valence-electron chi connectivity index (χ0n) is 15.2. The van der Waals surface area contributed by atoms with Crippen molar-refractivity contribution in [2.24, 2.45) is 5.92 Å². The van der Waals surface area contributed by atoms with Gasteiger partial charge < -0.3 is 0 Å². The summed E-state index contributed by atoms with van der Waals surface area (Å²) in [6.07, 6.45) is 20.6. The molecule has 1 fully saturated rings. The van der Waals surface area contributed by atoms with Crippen LogP contribution in [0.3, 0.4) is 0 Å². The minimum Gasteiger partial charge on any atom is -0.0766 e. The highest BCUT2D eigenvalue weighted by atomic mass is 14.3. The van der Waals surface area contributed by atoms with E-state index in [2.05, 4.69) is 42.5 Å². The van der Waals surface area contributed by atoms with E-state index in [4.69, 9.17) is 0 Å². The van der Waals surface area contributed by atoms with Crippen LogP contribution in [0, 0.1) is 5.92 Å². The van der Waals surface area contributed by atoms with Crippen molar-refractivity contribution in [3.63, 3.8) is 0 Å². The molecule has 0 nitrogen and oxygen atoms in total. The van der Waals surface area contributed by atoms with Crippen molar-refractivity contribution in [2.45, 2.75) is 64.2 Å². The van der Waals surface area contributed by atoms with Crippen LogP contribution in [0.15, 0.2) is 64.8 Å². The number of hydrogen-bond acceptors (Lipinski definition) is 0. The van der Waals surface area contributed by atoms with Gasteiger partial charge in [0, 0.05) is 5.92 Å². The van der Waals surface area contributed by atoms with E-state index in [-0.39, 0.29) is 0 Å². The molecule has 0 saturated heterocycles. The Bertz CT molecular complexity index is 812. The lowest BCUT2D eigenvalue weighted by atomic mass is 9.79. The zero-order valence-corrected chi connectivity index (χ0v) is 15.2. The van der Waals surface area contributed by atoms with Crippen molar-refractivity contribution in [2.75, 3.05) is 0 Å². The third-order valence-corrected chi connectivity index (χ3v) is 6.78. The SMILES string of the molecule is C1=C(Cc2ccccc2C2=CC=C3CCCCC32)C2=C(C1)CCCC2. The van der Waals surface area contributed by atoms with Gasteiger partial charge in [-0.15, -0.1) is 0 Å². The molecule has 0 radical (unpaired) electrons. The Morgan fingerprint density at radius 3 is 2.76 bits per heavy atom. The highest BCUT2D eigenvalue weighted by Crippen LogP contribution is 2.45. The molecule has 0 amide bonds. The number of allylic oxidation sites excluding steroid dienone is 8. The Balaban J connectivity index is 1.44. The maximum absolute atomic E-state index is 2.53. The highest BCUT2D eigenvalue weighted by Gasteiger charge is 2.28. The van der Waals surface area contributed by atoms with E-state index >= 15 is 0 Å². The molecule has 0 bridgehead atoms. The largest absolute Gasteiger partial charge is 0.0766 e. The minimum absolute atomic E-state index is 0.705. The van der Waals surface area contributed by atoms with Gasteiger partial charge in [-0.2, -0.15) is 0 Å². The van der Waals surface area contributed by atoms with E-state index in [1.165, 1.54) is 63.4 Å². The fourth-order valence-corrected chi connectivity index (χ4v) is 5.47. The predicted octanol–water partition coefficient (Wildman–Crippen LogP) is 6.94. The van der Waals surface area contributed by atoms with Crippen LogP contribution in [0.2, 0.25) is 0 Å². The zero-order chi connectivity index (χ0) is 16.6. The van der Waals surface area contributed by atoms with Gasteiger partial charge in [0.25, 0.3) is 0 Å². The minimum atomic E-state index is 0.705. The van der Waals surface area contributed by atoms with Crippen LogP contribution >= 0.6 is 0 Å². The average Bonchev–Trinajstić information content (AvgIpc) is 3.27. The molecule has 0 N–H and O–H groups in total. The smallest absolute Gasteiger partial charge is 0.00573 e. The van der Waals surface area contributed by atoms with Crippen LogP contribution in [0.4, 0.5) is 0 Å². The van der Waals surface area contributed by atoms with Gasteiger partial charge in [-0.25, -0.2) is 0 Å². The summed E-state index contributed by atoms with van der Waals surface area (Å²) in [4.78, 5) is 0. The first-order chi connectivity index (χ1) is 12.4. The van der Waals surface area contributed by atoms with Crippen LogP contribution in [0.1, 0.15) is 68.9 Å². The summed E-state index contributed by atoms with van der Waals surface area (Å²) in [6, 6.07) is 9.21. The van der Waals surface area contributed by atoms with Crippen molar-refractivity contribution < 1.29 is 0 Å². The summed E-state index contributed by atoms with van der Waals surface area (Å²) in [5.74, 6) is 0.705. The van der Waals surface area contributed by atoms with Gasteiger partial charge in [0.15, 0.2) is 0 Å². The molecule has 1 unspecified atom stereocenters. The predicted molar refractivity (Wildman–Crippen MR) is 106 cm³/mol. The first kappa shape index (κ1) is 15.4. The molecule has 128 valence electrons. The van der Waals surface area contributed by atoms with E-state index < -0.39 is 0 Å². The molecular weight excluding hydrogens is 300 g/mol. The first-order valence-electron chi connectivity index (χ1n) is 10.3. The van der Waals surface area contributed by atoms with Crippen molar-refractivity contribution >= 4 is 5.57 Å². The van der Waals surface area contributed by atoms with Gasteiger partial charge in [-0.1, -0.05) is 60.1 Å². The molecule has 1 saturated carbocycles. The molecule has 0 aromatic heterocycles. The van der Waals surface area contributed by atoms with Crippen molar-refractivity contribution in [1.82, 2.24) is 0 Å². The molecule has 0 heteroatoms. The quantitative estimate of drug-likeness (QED) is 0.563. The second kappa shape index (κ2) is 6.48. The van der Waals surface area contributed by atoms with Crippen LogP contribution in [0.5, 0.6) is 0 Å². The second-order valence-electron chi connectivity index (χ2n) is 8.22. The fourth-order valence-electron chi connectivity index (χ4n) is 5.47.